The number of ether oxygens (including phenoxy) is 1. The van der Waals surface area contributed by atoms with Crippen LogP contribution in [0.15, 0.2) is 59.5 Å². The first-order chi connectivity index (χ1) is 14.9. The van der Waals surface area contributed by atoms with Crippen LogP contribution in [0.1, 0.15) is 12.0 Å². The van der Waals surface area contributed by atoms with Crippen LogP contribution in [-0.4, -0.2) is 35.1 Å². The summed E-state index contributed by atoms with van der Waals surface area (Å²) >= 11 is 0. The summed E-state index contributed by atoms with van der Waals surface area (Å²) < 4.78 is 10.6. The molecule has 10 nitrogen and oxygen atoms in total. The minimum Gasteiger partial charge on any atom is -0.496 e. The van der Waals surface area contributed by atoms with E-state index in [1.54, 1.807) is 48.7 Å². The van der Waals surface area contributed by atoms with Crippen molar-refractivity contribution in [2.24, 2.45) is 0 Å². The maximum Gasteiger partial charge on any atom is 0.404 e. The van der Waals surface area contributed by atoms with E-state index in [0.29, 0.717) is 34.0 Å². The lowest BCUT2D eigenvalue weighted by Gasteiger charge is -2.11. The molecule has 160 valence electrons. The van der Waals surface area contributed by atoms with Gasteiger partial charge in [0.05, 0.1) is 18.9 Å². The second-order valence-electron chi connectivity index (χ2n) is 6.41. The summed E-state index contributed by atoms with van der Waals surface area (Å²) in [6.45, 7) is 0.103. The Balaban J connectivity index is 1.57. The first kappa shape index (κ1) is 21.4. The Labute approximate surface area is 177 Å². The topological polar surface area (TPSA) is 143 Å². The third-order valence-electron chi connectivity index (χ3n) is 4.16. The fourth-order valence-corrected chi connectivity index (χ4v) is 2.81. The summed E-state index contributed by atoms with van der Waals surface area (Å²) in [5.41, 5.74) is 2.26. The van der Waals surface area contributed by atoms with Crippen LogP contribution in [0.2, 0.25) is 0 Å². The number of anilines is 2. The molecule has 3 rings (SSSR count). The van der Waals surface area contributed by atoms with Crippen molar-refractivity contribution in [1.29, 1.82) is 0 Å². The molecule has 1 heterocycles. The number of nitrogens with zero attached hydrogens (tertiary/aromatic N) is 1. The van der Waals surface area contributed by atoms with Crippen LogP contribution in [0.25, 0.3) is 11.3 Å². The van der Waals surface area contributed by atoms with E-state index in [1.807, 2.05) is 0 Å². The van der Waals surface area contributed by atoms with Gasteiger partial charge in [-0.05, 0) is 29.8 Å². The number of hydrogen-bond acceptors (Lipinski definition) is 6. The first-order valence-electron chi connectivity index (χ1n) is 9.17. The maximum absolute atomic E-state index is 12.3. The number of amides is 3. The Morgan fingerprint density at radius 2 is 1.81 bits per heavy atom. The zero-order chi connectivity index (χ0) is 22.2. The molecule has 0 saturated heterocycles. The second-order valence-corrected chi connectivity index (χ2v) is 6.41. The number of carbonyl (C=O) groups excluding carboxylic acids is 2. The zero-order valence-electron chi connectivity index (χ0n) is 16.5. The molecule has 0 saturated carbocycles. The van der Waals surface area contributed by atoms with E-state index < -0.39 is 24.3 Å². The van der Waals surface area contributed by atoms with Crippen molar-refractivity contribution in [2.75, 3.05) is 17.7 Å². The smallest absolute Gasteiger partial charge is 0.404 e. The van der Waals surface area contributed by atoms with Crippen LogP contribution < -0.4 is 20.7 Å². The van der Waals surface area contributed by atoms with Gasteiger partial charge in [0.25, 0.3) is 0 Å². The van der Waals surface area contributed by atoms with Gasteiger partial charge in [0, 0.05) is 24.0 Å². The quantitative estimate of drug-likeness (QED) is 0.407. The molecule has 0 unspecified atom stereocenters. The molecule has 0 radical (unpaired) electrons. The Bertz CT molecular complexity index is 1080. The molecular weight excluding hydrogens is 404 g/mol. The summed E-state index contributed by atoms with van der Waals surface area (Å²) in [6.07, 6.45) is 1.31. The number of oxazole rings is 1. The summed E-state index contributed by atoms with van der Waals surface area (Å²) in [6, 6.07) is 11.7. The van der Waals surface area contributed by atoms with E-state index in [1.165, 1.54) is 13.5 Å². The number of aromatic nitrogens is 1. The molecule has 3 aromatic rings. The average Bonchev–Trinajstić information content (AvgIpc) is 3.26. The highest BCUT2D eigenvalue weighted by Gasteiger charge is 2.14. The number of nitrogens with one attached hydrogen (secondary N) is 3. The lowest BCUT2D eigenvalue weighted by Crippen LogP contribution is -2.22. The summed E-state index contributed by atoms with van der Waals surface area (Å²) in [5.74, 6) is -0.0116. The van der Waals surface area contributed by atoms with Crippen molar-refractivity contribution in [2.45, 2.75) is 13.0 Å². The lowest BCUT2D eigenvalue weighted by atomic mass is 10.1. The SMILES string of the molecule is COc1cc(NC(=O)CC(=O)Nc2cccc(CNC(=O)O)c2)ccc1-c1cnco1. The summed E-state index contributed by atoms with van der Waals surface area (Å²) in [4.78, 5) is 38.9. The molecule has 3 amide bonds. The van der Waals surface area contributed by atoms with Crippen molar-refractivity contribution in [3.63, 3.8) is 0 Å². The first-order valence-corrected chi connectivity index (χ1v) is 9.17. The van der Waals surface area contributed by atoms with Gasteiger partial charge in [0.2, 0.25) is 11.8 Å². The molecule has 0 aliphatic carbocycles. The van der Waals surface area contributed by atoms with Crippen molar-refractivity contribution < 1.29 is 28.6 Å². The summed E-state index contributed by atoms with van der Waals surface area (Å²) in [7, 11) is 1.49. The second kappa shape index (κ2) is 9.92. The number of benzene rings is 2. The van der Waals surface area contributed by atoms with Crippen LogP contribution in [-0.2, 0) is 16.1 Å². The van der Waals surface area contributed by atoms with E-state index >= 15 is 0 Å². The van der Waals surface area contributed by atoms with E-state index in [0.717, 1.165) is 0 Å². The molecular formula is C21H20N4O6. The van der Waals surface area contributed by atoms with Crippen LogP contribution in [0.5, 0.6) is 5.75 Å². The van der Waals surface area contributed by atoms with E-state index in [4.69, 9.17) is 14.3 Å². The summed E-state index contributed by atoms with van der Waals surface area (Å²) in [5, 5.41) is 16.2. The zero-order valence-corrected chi connectivity index (χ0v) is 16.5. The highest BCUT2D eigenvalue weighted by Crippen LogP contribution is 2.32. The maximum atomic E-state index is 12.3. The normalized spacial score (nSPS) is 10.2. The number of carbonyl (C=O) groups is 3. The predicted octanol–water partition coefficient (Wildman–Crippen LogP) is 3.09. The Morgan fingerprint density at radius 1 is 1.06 bits per heavy atom. The van der Waals surface area contributed by atoms with Crippen LogP contribution in [0.4, 0.5) is 16.2 Å². The van der Waals surface area contributed by atoms with Crippen molar-refractivity contribution in [1.82, 2.24) is 10.3 Å². The predicted molar refractivity (Wildman–Crippen MR) is 112 cm³/mol. The van der Waals surface area contributed by atoms with Gasteiger partial charge >= 0.3 is 6.09 Å². The number of methoxy groups -OCH3 is 1. The van der Waals surface area contributed by atoms with E-state index in [9.17, 15) is 14.4 Å². The number of carboxylic acid groups (broad SMARTS) is 1. The van der Waals surface area contributed by atoms with Gasteiger partial charge in [0.1, 0.15) is 12.2 Å². The van der Waals surface area contributed by atoms with Crippen LogP contribution in [0, 0.1) is 0 Å². The van der Waals surface area contributed by atoms with Crippen molar-refractivity contribution in [3.8, 4) is 17.1 Å². The molecule has 0 fully saturated rings. The Kier molecular flexibility index (Phi) is 6.84. The lowest BCUT2D eigenvalue weighted by molar-refractivity contribution is -0.123. The highest BCUT2D eigenvalue weighted by molar-refractivity contribution is 6.08. The molecule has 0 aliphatic heterocycles. The van der Waals surface area contributed by atoms with E-state index in [2.05, 4.69) is 20.9 Å². The Morgan fingerprint density at radius 3 is 2.45 bits per heavy atom. The van der Waals surface area contributed by atoms with Gasteiger partial charge < -0.3 is 30.2 Å². The minimum absolute atomic E-state index is 0.103. The molecule has 0 aliphatic rings. The van der Waals surface area contributed by atoms with Gasteiger partial charge in [-0.2, -0.15) is 0 Å². The molecule has 2 aromatic carbocycles. The fraction of sp³-hybridized carbons (Fsp3) is 0.143. The average molecular weight is 424 g/mol. The van der Waals surface area contributed by atoms with Crippen LogP contribution in [0.3, 0.4) is 0 Å². The van der Waals surface area contributed by atoms with Crippen LogP contribution >= 0.6 is 0 Å². The van der Waals surface area contributed by atoms with E-state index in [-0.39, 0.29) is 6.54 Å². The van der Waals surface area contributed by atoms with Crippen molar-refractivity contribution in [3.05, 3.63) is 60.6 Å². The largest absolute Gasteiger partial charge is 0.496 e. The van der Waals surface area contributed by atoms with Gasteiger partial charge in [-0.3, -0.25) is 9.59 Å². The molecule has 10 heteroatoms. The fourth-order valence-electron chi connectivity index (χ4n) is 2.81. The highest BCUT2D eigenvalue weighted by atomic mass is 16.5. The number of rotatable bonds is 8. The molecule has 31 heavy (non-hydrogen) atoms. The number of hydrogen-bond donors (Lipinski definition) is 4. The van der Waals surface area contributed by atoms with Crippen molar-refractivity contribution >= 4 is 29.3 Å². The molecule has 0 spiro atoms. The third-order valence-corrected chi connectivity index (χ3v) is 4.16. The van der Waals surface area contributed by atoms with Gasteiger partial charge in [-0.15, -0.1) is 0 Å². The monoisotopic (exact) mass is 424 g/mol. The molecule has 0 bridgehead atoms. The molecule has 0 atom stereocenters. The molecule has 4 N–H and O–H groups in total. The Hall–Kier alpha value is -4.34. The minimum atomic E-state index is -1.14. The third kappa shape index (κ3) is 6.07. The van der Waals surface area contributed by atoms with Gasteiger partial charge in [0.15, 0.2) is 12.2 Å². The van der Waals surface area contributed by atoms with Gasteiger partial charge in [-0.1, -0.05) is 12.1 Å². The molecule has 1 aromatic heterocycles. The van der Waals surface area contributed by atoms with Gasteiger partial charge in [-0.25, -0.2) is 9.78 Å². The standard InChI is InChI=1S/C21H20N4O6/c1-30-17-8-15(5-6-16(17)18-11-22-12-31-18)25-20(27)9-19(26)24-14-4-2-3-13(7-14)10-23-21(28)29/h2-8,11-12,23H,9-10H2,1H3,(H,24,26)(H,25,27)(H,28,29).